The molecule has 1 aromatic heterocycles. The molecule has 0 bridgehead atoms. The smallest absolute Gasteiger partial charge is 0.276 e. The number of rotatable bonds is 5. The van der Waals surface area contributed by atoms with E-state index in [9.17, 15) is 9.59 Å². The molecule has 4 rings (SSSR count). The minimum absolute atomic E-state index is 0.203. The van der Waals surface area contributed by atoms with Crippen LogP contribution in [0, 0.1) is 13.8 Å². The number of carbonyl (C=O) groups excluding carboxylic acids is 1. The van der Waals surface area contributed by atoms with E-state index in [4.69, 9.17) is 17.0 Å². The molecule has 0 fully saturated rings. The van der Waals surface area contributed by atoms with Gasteiger partial charge in [-0.05, 0) is 62.0 Å². The van der Waals surface area contributed by atoms with Gasteiger partial charge in [-0.1, -0.05) is 42.5 Å². The molecule has 172 valence electrons. The second kappa shape index (κ2) is 10.1. The highest BCUT2D eigenvalue weighted by molar-refractivity contribution is 7.80. The minimum atomic E-state index is -0.445. The Bertz CT molecular complexity index is 1420. The lowest BCUT2D eigenvalue weighted by atomic mass is 10.1. The zero-order valence-electron chi connectivity index (χ0n) is 18.7. The molecule has 0 radical (unpaired) electrons. The second-order valence-corrected chi connectivity index (χ2v) is 7.93. The first kappa shape index (κ1) is 22.9. The van der Waals surface area contributed by atoms with Gasteiger partial charge in [0.05, 0.1) is 11.1 Å². The van der Waals surface area contributed by atoms with Crippen molar-refractivity contribution in [3.8, 4) is 11.4 Å². The van der Waals surface area contributed by atoms with Crippen molar-refractivity contribution in [1.82, 2.24) is 20.4 Å². The number of hydrazine groups is 1. The molecular weight excluding hydrogens is 450 g/mol. The van der Waals surface area contributed by atoms with E-state index in [0.717, 1.165) is 16.9 Å². The topological polar surface area (TPSA) is 97.3 Å². The predicted octanol–water partition coefficient (Wildman–Crippen LogP) is 3.40. The van der Waals surface area contributed by atoms with Gasteiger partial charge in [-0.15, -0.1) is 0 Å². The van der Waals surface area contributed by atoms with Crippen LogP contribution in [0.2, 0.25) is 0 Å². The molecule has 0 aliphatic heterocycles. The highest BCUT2D eigenvalue weighted by Gasteiger charge is 2.15. The average Bonchev–Trinajstić information content (AvgIpc) is 2.83. The van der Waals surface area contributed by atoms with E-state index < -0.39 is 5.91 Å². The van der Waals surface area contributed by atoms with E-state index in [1.54, 1.807) is 29.7 Å². The second-order valence-electron chi connectivity index (χ2n) is 7.52. The largest absolute Gasteiger partial charge is 0.481 e. The number of hydrogen-bond donors (Lipinski definition) is 3. The number of ether oxygens (including phenoxy) is 1. The number of anilines is 1. The number of aromatic nitrogens is 2. The summed E-state index contributed by atoms with van der Waals surface area (Å²) in [6.07, 6.45) is 0. The first-order valence-electron chi connectivity index (χ1n) is 10.6. The Balaban J connectivity index is 1.46. The van der Waals surface area contributed by atoms with Crippen molar-refractivity contribution in [2.75, 3.05) is 11.9 Å². The van der Waals surface area contributed by atoms with Gasteiger partial charge < -0.3 is 10.1 Å². The summed E-state index contributed by atoms with van der Waals surface area (Å²) in [5.41, 5.74) is 7.83. The Hall–Kier alpha value is -4.24. The van der Waals surface area contributed by atoms with Crippen LogP contribution in [0.4, 0.5) is 5.69 Å². The van der Waals surface area contributed by atoms with Crippen molar-refractivity contribution in [2.24, 2.45) is 0 Å². The molecule has 0 aliphatic rings. The zero-order valence-corrected chi connectivity index (χ0v) is 19.5. The maximum atomic E-state index is 13.3. The molecule has 8 nitrogen and oxygen atoms in total. The number of carbonyl (C=O) groups is 1. The van der Waals surface area contributed by atoms with Crippen molar-refractivity contribution < 1.29 is 9.53 Å². The van der Waals surface area contributed by atoms with Gasteiger partial charge in [0, 0.05) is 5.69 Å². The lowest BCUT2D eigenvalue weighted by Crippen LogP contribution is -2.45. The number of nitrogens with one attached hydrogen (secondary N) is 3. The summed E-state index contributed by atoms with van der Waals surface area (Å²) in [7, 11) is 0. The molecule has 0 spiro atoms. The summed E-state index contributed by atoms with van der Waals surface area (Å²) < 4.78 is 7.27. The van der Waals surface area contributed by atoms with Crippen molar-refractivity contribution in [3.63, 3.8) is 0 Å². The van der Waals surface area contributed by atoms with E-state index in [2.05, 4.69) is 21.2 Å². The molecule has 1 amide bonds. The minimum Gasteiger partial charge on any atom is -0.481 e. The van der Waals surface area contributed by atoms with Gasteiger partial charge in [-0.3, -0.25) is 25.0 Å². The molecule has 3 aromatic carbocycles. The number of hydrogen-bond acceptors (Lipinski definition) is 5. The maximum Gasteiger partial charge on any atom is 0.276 e. The Morgan fingerprint density at radius 3 is 2.47 bits per heavy atom. The lowest BCUT2D eigenvalue weighted by molar-refractivity contribution is -0.123. The third kappa shape index (κ3) is 5.05. The van der Waals surface area contributed by atoms with Gasteiger partial charge in [0.25, 0.3) is 11.5 Å². The fraction of sp³-hybridized carbons (Fsp3) is 0.120. The van der Waals surface area contributed by atoms with Crippen LogP contribution in [-0.4, -0.2) is 27.2 Å². The third-order valence-electron chi connectivity index (χ3n) is 5.09. The molecule has 1 heterocycles. The fourth-order valence-corrected chi connectivity index (χ4v) is 3.66. The van der Waals surface area contributed by atoms with E-state index in [1.165, 1.54) is 0 Å². The van der Waals surface area contributed by atoms with Crippen molar-refractivity contribution in [3.05, 3.63) is 94.5 Å². The van der Waals surface area contributed by atoms with Crippen molar-refractivity contribution >= 4 is 39.8 Å². The molecule has 0 aliphatic carbocycles. The van der Waals surface area contributed by atoms with Crippen LogP contribution in [0.3, 0.4) is 0 Å². The quantitative estimate of drug-likeness (QED) is 0.302. The average molecular weight is 474 g/mol. The third-order valence-corrected chi connectivity index (χ3v) is 5.30. The van der Waals surface area contributed by atoms with Crippen LogP contribution >= 0.6 is 12.2 Å². The van der Waals surface area contributed by atoms with Gasteiger partial charge in [0.15, 0.2) is 11.7 Å². The van der Waals surface area contributed by atoms with Crippen molar-refractivity contribution in [1.29, 1.82) is 0 Å². The Morgan fingerprint density at radius 1 is 0.971 bits per heavy atom. The molecule has 0 saturated carbocycles. The summed E-state index contributed by atoms with van der Waals surface area (Å²) in [5.74, 6) is 0.417. The summed E-state index contributed by atoms with van der Waals surface area (Å²) in [6, 6.07) is 22.0. The fourth-order valence-electron chi connectivity index (χ4n) is 3.49. The van der Waals surface area contributed by atoms with Crippen LogP contribution in [-0.2, 0) is 4.79 Å². The highest BCUT2D eigenvalue weighted by Crippen LogP contribution is 2.23. The molecular formula is C25H23N5O3S. The lowest BCUT2D eigenvalue weighted by Gasteiger charge is -2.15. The number of nitrogens with zero attached hydrogens (tertiary/aromatic N) is 2. The summed E-state index contributed by atoms with van der Waals surface area (Å²) >= 11 is 5.16. The molecule has 9 heteroatoms. The van der Waals surface area contributed by atoms with Gasteiger partial charge in [0.2, 0.25) is 0 Å². The molecule has 0 unspecified atom stereocenters. The normalized spacial score (nSPS) is 10.5. The predicted molar refractivity (Wildman–Crippen MR) is 136 cm³/mol. The number of fused-ring (bicyclic) bond motifs is 1. The highest BCUT2D eigenvalue weighted by atomic mass is 32.1. The Labute approximate surface area is 201 Å². The molecule has 0 atom stereocenters. The molecule has 4 aromatic rings. The number of thiocarbonyl (C=S) groups is 1. The van der Waals surface area contributed by atoms with E-state index in [0.29, 0.717) is 22.5 Å². The standard InChI is InChI=1S/C25H23N5O3S/c1-16-9-6-7-13-20(16)30-17(2)26-23-19(24(30)32)12-8-14-21(23)33-15-22(31)28-29-25(34)27-18-10-4-3-5-11-18/h3-14H,15H2,1-2H3,(H,28,31)(H2,27,29,34). The first-order chi connectivity index (χ1) is 16.4. The van der Waals surface area contributed by atoms with Gasteiger partial charge in [0.1, 0.15) is 17.1 Å². The molecule has 0 saturated heterocycles. The van der Waals surface area contributed by atoms with Gasteiger partial charge >= 0.3 is 0 Å². The summed E-state index contributed by atoms with van der Waals surface area (Å²) in [4.78, 5) is 30.1. The van der Waals surface area contributed by atoms with E-state index >= 15 is 0 Å². The number of aryl methyl sites for hydroxylation is 2. The number of para-hydroxylation sites is 3. The van der Waals surface area contributed by atoms with Crippen LogP contribution in [0.15, 0.2) is 77.6 Å². The summed E-state index contributed by atoms with van der Waals surface area (Å²) in [5, 5.41) is 3.58. The first-order valence-corrected chi connectivity index (χ1v) is 11.0. The maximum absolute atomic E-state index is 13.3. The van der Waals surface area contributed by atoms with Crippen LogP contribution < -0.4 is 26.5 Å². The Kier molecular flexibility index (Phi) is 6.84. The Morgan fingerprint density at radius 2 is 1.71 bits per heavy atom. The SMILES string of the molecule is Cc1ccccc1-n1c(C)nc2c(OCC(=O)NNC(=S)Nc3ccccc3)cccc2c1=O. The monoisotopic (exact) mass is 473 g/mol. The zero-order chi connectivity index (χ0) is 24.1. The molecule has 34 heavy (non-hydrogen) atoms. The molecule has 3 N–H and O–H groups in total. The van der Waals surface area contributed by atoms with Crippen molar-refractivity contribution in [2.45, 2.75) is 13.8 Å². The number of amides is 1. The van der Waals surface area contributed by atoms with Crippen LogP contribution in [0.1, 0.15) is 11.4 Å². The number of benzene rings is 3. The summed E-state index contributed by atoms with van der Waals surface area (Å²) in [6.45, 7) is 3.42. The van der Waals surface area contributed by atoms with Crippen LogP contribution in [0.5, 0.6) is 5.75 Å². The van der Waals surface area contributed by atoms with E-state index in [1.807, 2.05) is 61.5 Å². The van der Waals surface area contributed by atoms with Crippen LogP contribution in [0.25, 0.3) is 16.6 Å². The van der Waals surface area contributed by atoms with E-state index in [-0.39, 0.29) is 17.3 Å². The van der Waals surface area contributed by atoms with Gasteiger partial charge in [-0.2, -0.15) is 0 Å². The van der Waals surface area contributed by atoms with Gasteiger partial charge in [-0.25, -0.2) is 4.98 Å².